The Morgan fingerprint density at radius 1 is 1.08 bits per heavy atom. The van der Waals surface area contributed by atoms with Gasteiger partial charge in [-0.1, -0.05) is 33.8 Å². The van der Waals surface area contributed by atoms with E-state index in [0.717, 1.165) is 47.0 Å². The third-order valence-corrected chi connectivity index (χ3v) is 5.30. The minimum absolute atomic E-state index is 0.435. The summed E-state index contributed by atoms with van der Waals surface area (Å²) < 4.78 is 1.07. The highest BCUT2D eigenvalue weighted by atomic mass is 79.9. The Bertz CT molecular complexity index is 726. The van der Waals surface area contributed by atoms with Crippen LogP contribution in [0.3, 0.4) is 0 Å². The minimum Gasteiger partial charge on any atom is -0.367 e. The molecular formula is C21H31BrN4. The van der Waals surface area contributed by atoms with Gasteiger partial charge in [-0.3, -0.25) is 0 Å². The number of benzene rings is 1. The molecule has 142 valence electrons. The molecule has 0 aliphatic heterocycles. The highest BCUT2D eigenvalue weighted by molar-refractivity contribution is 9.10. The van der Waals surface area contributed by atoms with Crippen molar-refractivity contribution in [3.05, 3.63) is 40.0 Å². The first-order valence-electron chi connectivity index (χ1n) is 9.58. The van der Waals surface area contributed by atoms with Gasteiger partial charge in [0.15, 0.2) is 0 Å². The van der Waals surface area contributed by atoms with Crippen molar-refractivity contribution in [2.75, 3.05) is 16.8 Å². The Morgan fingerprint density at radius 2 is 1.77 bits per heavy atom. The number of hydrogen-bond donors (Lipinski definition) is 1. The number of hydrogen-bond acceptors (Lipinski definition) is 4. The van der Waals surface area contributed by atoms with E-state index in [0.29, 0.717) is 12.0 Å². The summed E-state index contributed by atoms with van der Waals surface area (Å²) in [6.45, 7) is 13.8. The normalized spacial score (nSPS) is 11.3. The lowest BCUT2D eigenvalue weighted by Crippen LogP contribution is -2.22. The lowest BCUT2D eigenvalue weighted by atomic mass is 10.0. The Hall–Kier alpha value is -1.62. The van der Waals surface area contributed by atoms with Crippen LogP contribution in [-0.2, 0) is 0 Å². The molecule has 0 unspecified atom stereocenters. The van der Waals surface area contributed by atoms with Crippen LogP contribution >= 0.6 is 15.9 Å². The quantitative estimate of drug-likeness (QED) is 0.535. The van der Waals surface area contributed by atoms with E-state index < -0.39 is 0 Å². The summed E-state index contributed by atoms with van der Waals surface area (Å²) in [7, 11) is 0. The molecule has 0 aliphatic carbocycles. The minimum atomic E-state index is 0.435. The number of halogens is 1. The summed E-state index contributed by atoms with van der Waals surface area (Å²) >= 11 is 3.74. The van der Waals surface area contributed by atoms with Crippen LogP contribution in [0.15, 0.2) is 28.7 Å². The number of nitrogens with one attached hydrogen (secondary N) is 1. The van der Waals surface area contributed by atoms with Crippen molar-refractivity contribution in [2.45, 2.75) is 66.3 Å². The van der Waals surface area contributed by atoms with Crippen LogP contribution < -0.4 is 10.2 Å². The van der Waals surface area contributed by atoms with Crippen molar-refractivity contribution in [1.29, 1.82) is 0 Å². The number of nitrogens with zero attached hydrogens (tertiary/aromatic N) is 3. The highest BCUT2D eigenvalue weighted by Gasteiger charge is 2.16. The number of rotatable bonds is 8. The van der Waals surface area contributed by atoms with E-state index >= 15 is 0 Å². The molecule has 0 aliphatic rings. The third kappa shape index (κ3) is 4.97. The van der Waals surface area contributed by atoms with E-state index in [9.17, 15) is 0 Å². The lowest BCUT2D eigenvalue weighted by Gasteiger charge is -2.24. The summed E-state index contributed by atoms with van der Waals surface area (Å²) in [6, 6.07) is 8.99. The maximum absolute atomic E-state index is 4.80. The van der Waals surface area contributed by atoms with Crippen LogP contribution in [0.25, 0.3) is 0 Å². The number of anilines is 3. The maximum atomic E-state index is 4.80. The molecule has 1 N–H and O–H groups in total. The third-order valence-electron chi connectivity index (χ3n) is 4.67. The molecule has 26 heavy (non-hydrogen) atoms. The van der Waals surface area contributed by atoms with Crippen LogP contribution in [0.2, 0.25) is 0 Å². The van der Waals surface area contributed by atoms with E-state index in [1.54, 1.807) is 0 Å². The predicted molar refractivity (Wildman–Crippen MR) is 116 cm³/mol. The van der Waals surface area contributed by atoms with Gasteiger partial charge in [-0.2, -0.15) is 4.98 Å². The van der Waals surface area contributed by atoms with Crippen LogP contribution in [0.4, 0.5) is 17.5 Å². The van der Waals surface area contributed by atoms with Gasteiger partial charge in [0, 0.05) is 28.8 Å². The topological polar surface area (TPSA) is 41.1 Å². The second-order valence-corrected chi connectivity index (χ2v) is 7.82. The van der Waals surface area contributed by atoms with Gasteiger partial charge in [0.1, 0.15) is 5.82 Å². The average molecular weight is 419 g/mol. The molecular weight excluding hydrogens is 388 g/mol. The molecule has 5 heteroatoms. The van der Waals surface area contributed by atoms with E-state index in [4.69, 9.17) is 9.97 Å². The maximum Gasteiger partial charge on any atom is 0.232 e. The van der Waals surface area contributed by atoms with Gasteiger partial charge >= 0.3 is 0 Å². The van der Waals surface area contributed by atoms with Gasteiger partial charge in [0.25, 0.3) is 0 Å². The molecule has 0 atom stereocenters. The summed E-state index contributed by atoms with van der Waals surface area (Å²) in [5.41, 5.74) is 3.38. The van der Waals surface area contributed by atoms with Gasteiger partial charge in [-0.05, 0) is 66.2 Å². The largest absolute Gasteiger partial charge is 0.367 e. The fraction of sp³-hybridized carbons (Fsp3) is 0.524. The van der Waals surface area contributed by atoms with Gasteiger partial charge in [-0.15, -0.1) is 0 Å². The van der Waals surface area contributed by atoms with E-state index in [1.165, 1.54) is 5.56 Å². The molecule has 0 bridgehead atoms. The second-order valence-electron chi connectivity index (χ2n) is 6.96. The van der Waals surface area contributed by atoms with Gasteiger partial charge in [0.2, 0.25) is 5.95 Å². The van der Waals surface area contributed by atoms with Crippen molar-refractivity contribution in [1.82, 2.24) is 9.97 Å². The summed E-state index contributed by atoms with van der Waals surface area (Å²) in [4.78, 5) is 11.6. The average Bonchev–Trinajstić information content (AvgIpc) is 2.61. The molecule has 0 fully saturated rings. The van der Waals surface area contributed by atoms with Gasteiger partial charge in [0.05, 0.1) is 5.69 Å². The monoisotopic (exact) mass is 418 g/mol. The number of aromatic nitrogens is 2. The molecule has 4 nitrogen and oxygen atoms in total. The standard InChI is InChI=1S/C21H31BrN4/c1-7-17(8-2)24-20-12-15(6)23-21(25-20)26(9-3)19-11-10-16(14(4)5)13-18(19)22/h10-14,17H,7-9H2,1-6H3,(H,23,24,25). The van der Waals surface area contributed by atoms with E-state index in [-0.39, 0.29) is 0 Å². The van der Waals surface area contributed by atoms with Crippen molar-refractivity contribution in [3.8, 4) is 0 Å². The Balaban J connectivity index is 2.39. The molecule has 0 saturated heterocycles. The van der Waals surface area contributed by atoms with Crippen LogP contribution in [0.1, 0.15) is 64.6 Å². The van der Waals surface area contributed by atoms with Gasteiger partial charge in [-0.25, -0.2) is 4.98 Å². The molecule has 2 rings (SSSR count). The zero-order chi connectivity index (χ0) is 19.3. The fourth-order valence-electron chi connectivity index (χ4n) is 2.97. The zero-order valence-corrected chi connectivity index (χ0v) is 18.4. The predicted octanol–water partition coefficient (Wildman–Crippen LogP) is 6.43. The molecule has 0 radical (unpaired) electrons. The second kappa shape index (κ2) is 9.36. The molecule has 1 aromatic carbocycles. The highest BCUT2D eigenvalue weighted by Crippen LogP contribution is 2.33. The van der Waals surface area contributed by atoms with Crippen LogP contribution in [0.5, 0.6) is 0 Å². The molecule has 0 saturated carbocycles. The molecule has 1 heterocycles. The van der Waals surface area contributed by atoms with Crippen molar-refractivity contribution >= 4 is 33.4 Å². The first-order valence-corrected chi connectivity index (χ1v) is 10.4. The summed E-state index contributed by atoms with van der Waals surface area (Å²) in [6.07, 6.45) is 2.16. The fourth-order valence-corrected chi connectivity index (χ4v) is 3.58. The van der Waals surface area contributed by atoms with Gasteiger partial charge < -0.3 is 10.2 Å². The Morgan fingerprint density at radius 3 is 2.31 bits per heavy atom. The first-order chi connectivity index (χ1) is 12.4. The summed E-state index contributed by atoms with van der Waals surface area (Å²) in [5, 5.41) is 3.54. The lowest BCUT2D eigenvalue weighted by molar-refractivity contribution is 0.668. The van der Waals surface area contributed by atoms with Crippen LogP contribution in [0, 0.1) is 6.92 Å². The first kappa shape index (κ1) is 20.7. The van der Waals surface area contributed by atoms with Crippen LogP contribution in [-0.4, -0.2) is 22.6 Å². The Labute approximate surface area is 166 Å². The van der Waals surface area contributed by atoms with E-state index in [1.807, 2.05) is 13.0 Å². The molecule has 0 spiro atoms. The van der Waals surface area contributed by atoms with Crippen molar-refractivity contribution < 1.29 is 0 Å². The molecule has 1 aromatic heterocycles. The molecule has 2 aromatic rings. The molecule has 0 amide bonds. The van der Waals surface area contributed by atoms with E-state index in [2.05, 4.69) is 79.0 Å². The number of aryl methyl sites for hydroxylation is 1. The van der Waals surface area contributed by atoms with Crippen molar-refractivity contribution in [2.24, 2.45) is 0 Å². The smallest absolute Gasteiger partial charge is 0.232 e. The SMILES string of the molecule is CCC(CC)Nc1cc(C)nc(N(CC)c2ccc(C(C)C)cc2Br)n1. The zero-order valence-electron chi connectivity index (χ0n) is 16.8. The van der Waals surface area contributed by atoms with Crippen molar-refractivity contribution in [3.63, 3.8) is 0 Å². The summed E-state index contributed by atoms with van der Waals surface area (Å²) in [5.74, 6) is 2.13. The Kier molecular flexibility index (Phi) is 7.44.